The molecule has 1 amide bonds. The van der Waals surface area contributed by atoms with Crippen LogP contribution in [0.1, 0.15) is 50.4 Å². The van der Waals surface area contributed by atoms with Crippen molar-refractivity contribution < 1.29 is 9.53 Å². The fraction of sp³-hybridized carbons (Fsp3) is 0.611. The third-order valence-electron chi connectivity index (χ3n) is 4.21. The van der Waals surface area contributed by atoms with Crippen LogP contribution in [0.3, 0.4) is 0 Å². The molecule has 1 aliphatic rings. The van der Waals surface area contributed by atoms with Crippen molar-refractivity contribution in [3.05, 3.63) is 29.8 Å². The molecule has 1 aromatic rings. The summed E-state index contributed by atoms with van der Waals surface area (Å²) in [6, 6.07) is 7.88. The maximum Gasteiger partial charge on any atom is 0.254 e. The molecule has 4 heteroatoms. The van der Waals surface area contributed by atoms with Gasteiger partial charge in [-0.05, 0) is 57.0 Å². The van der Waals surface area contributed by atoms with E-state index in [1.165, 1.54) is 0 Å². The maximum atomic E-state index is 12.8. The predicted octanol–water partition coefficient (Wildman–Crippen LogP) is 3.08. The van der Waals surface area contributed by atoms with Gasteiger partial charge in [-0.1, -0.05) is 13.8 Å². The Bertz CT molecular complexity index is 466. The van der Waals surface area contributed by atoms with Crippen molar-refractivity contribution in [3.8, 4) is 5.75 Å². The van der Waals surface area contributed by atoms with E-state index in [0.717, 1.165) is 50.2 Å². The highest BCUT2D eigenvalue weighted by Gasteiger charge is 2.26. The summed E-state index contributed by atoms with van der Waals surface area (Å²) in [5.41, 5.74) is 0.747. The summed E-state index contributed by atoms with van der Waals surface area (Å²) < 4.78 is 5.77. The standard InChI is InChI=1S/C18H28N2O2/c1-4-12-20(16-10-11-19-13-16)18(21)15-6-8-17(9-7-15)22-14(3)5-2/h6-9,14,16,19H,4-5,10-13H2,1-3H3. The Hall–Kier alpha value is -1.55. The summed E-state index contributed by atoms with van der Waals surface area (Å²) in [4.78, 5) is 14.8. The lowest BCUT2D eigenvalue weighted by Crippen LogP contribution is -2.42. The highest BCUT2D eigenvalue weighted by atomic mass is 16.5. The summed E-state index contributed by atoms with van der Waals surface area (Å²) in [6.07, 6.45) is 3.20. The van der Waals surface area contributed by atoms with E-state index in [0.29, 0.717) is 6.04 Å². The first kappa shape index (κ1) is 16.8. The minimum Gasteiger partial charge on any atom is -0.491 e. The minimum atomic E-state index is 0.130. The molecule has 1 heterocycles. The van der Waals surface area contributed by atoms with Crippen molar-refractivity contribution >= 4 is 5.91 Å². The number of carbonyl (C=O) groups is 1. The molecule has 1 N–H and O–H groups in total. The smallest absolute Gasteiger partial charge is 0.254 e. The molecule has 4 nitrogen and oxygen atoms in total. The Morgan fingerprint density at radius 2 is 2.09 bits per heavy atom. The molecule has 0 aromatic heterocycles. The fourth-order valence-corrected chi connectivity index (χ4v) is 2.75. The fourth-order valence-electron chi connectivity index (χ4n) is 2.75. The van der Waals surface area contributed by atoms with Gasteiger partial charge in [-0.15, -0.1) is 0 Å². The molecule has 1 aliphatic heterocycles. The molecule has 0 saturated carbocycles. The summed E-state index contributed by atoms with van der Waals surface area (Å²) in [6.45, 7) is 8.98. The minimum absolute atomic E-state index is 0.130. The molecule has 2 rings (SSSR count). The average Bonchev–Trinajstić information content (AvgIpc) is 3.06. The van der Waals surface area contributed by atoms with Crippen molar-refractivity contribution in [3.63, 3.8) is 0 Å². The molecule has 0 spiro atoms. The topological polar surface area (TPSA) is 41.6 Å². The molecule has 1 saturated heterocycles. The van der Waals surface area contributed by atoms with Gasteiger partial charge in [-0.2, -0.15) is 0 Å². The lowest BCUT2D eigenvalue weighted by atomic mass is 10.1. The Kier molecular flexibility index (Phi) is 6.25. The number of hydrogen-bond acceptors (Lipinski definition) is 3. The SMILES string of the molecule is CCCN(C(=O)c1ccc(OC(C)CC)cc1)C1CCNC1. The van der Waals surface area contributed by atoms with Crippen molar-refractivity contribution in [2.24, 2.45) is 0 Å². The third-order valence-corrected chi connectivity index (χ3v) is 4.21. The molecule has 0 aliphatic carbocycles. The summed E-state index contributed by atoms with van der Waals surface area (Å²) in [5.74, 6) is 0.959. The lowest BCUT2D eigenvalue weighted by Gasteiger charge is -2.28. The van der Waals surface area contributed by atoms with Crippen LogP contribution in [0.25, 0.3) is 0 Å². The second-order valence-electron chi connectivity index (χ2n) is 6.01. The van der Waals surface area contributed by atoms with Crippen molar-refractivity contribution in [2.45, 2.75) is 52.2 Å². The van der Waals surface area contributed by atoms with Crippen LogP contribution in [0.4, 0.5) is 0 Å². The van der Waals surface area contributed by atoms with Gasteiger partial charge in [0.25, 0.3) is 5.91 Å². The molecule has 0 radical (unpaired) electrons. The van der Waals surface area contributed by atoms with E-state index in [1.54, 1.807) is 0 Å². The zero-order valence-electron chi connectivity index (χ0n) is 14.0. The largest absolute Gasteiger partial charge is 0.491 e. The van der Waals surface area contributed by atoms with Crippen LogP contribution in [0.5, 0.6) is 5.75 Å². The van der Waals surface area contributed by atoms with Gasteiger partial charge in [0, 0.05) is 24.7 Å². The third kappa shape index (κ3) is 4.23. The first-order valence-corrected chi connectivity index (χ1v) is 8.44. The zero-order chi connectivity index (χ0) is 15.9. The molecular weight excluding hydrogens is 276 g/mol. The highest BCUT2D eigenvalue weighted by Crippen LogP contribution is 2.18. The molecule has 1 aromatic carbocycles. The Labute approximate surface area is 133 Å². The zero-order valence-corrected chi connectivity index (χ0v) is 14.0. The van der Waals surface area contributed by atoms with Crippen LogP contribution in [0.2, 0.25) is 0 Å². The van der Waals surface area contributed by atoms with Crippen molar-refractivity contribution in [1.82, 2.24) is 10.2 Å². The first-order chi connectivity index (χ1) is 10.7. The molecule has 22 heavy (non-hydrogen) atoms. The molecule has 1 fully saturated rings. The van der Waals surface area contributed by atoms with Crippen molar-refractivity contribution in [2.75, 3.05) is 19.6 Å². The number of carbonyl (C=O) groups excluding carboxylic acids is 1. The molecular formula is C18H28N2O2. The van der Waals surface area contributed by atoms with Crippen molar-refractivity contribution in [1.29, 1.82) is 0 Å². The number of hydrogen-bond donors (Lipinski definition) is 1. The van der Waals surface area contributed by atoms with E-state index >= 15 is 0 Å². The predicted molar refractivity (Wildman–Crippen MR) is 89.4 cm³/mol. The van der Waals surface area contributed by atoms with Gasteiger partial charge in [0.2, 0.25) is 0 Å². The molecule has 122 valence electrons. The normalized spacial score (nSPS) is 19.0. The summed E-state index contributed by atoms with van der Waals surface area (Å²) in [5, 5.41) is 3.34. The highest BCUT2D eigenvalue weighted by molar-refractivity contribution is 5.94. The molecule has 2 unspecified atom stereocenters. The van der Waals surface area contributed by atoms with Gasteiger partial charge >= 0.3 is 0 Å². The van der Waals surface area contributed by atoms with Crippen LogP contribution in [-0.2, 0) is 0 Å². The quantitative estimate of drug-likeness (QED) is 0.841. The number of rotatable bonds is 7. The van der Waals surface area contributed by atoms with E-state index in [2.05, 4.69) is 26.1 Å². The van der Waals surface area contributed by atoms with Gasteiger partial charge in [0.15, 0.2) is 0 Å². The second-order valence-corrected chi connectivity index (χ2v) is 6.01. The van der Waals surface area contributed by atoms with Crippen LogP contribution in [-0.4, -0.2) is 42.6 Å². The monoisotopic (exact) mass is 304 g/mol. The van der Waals surface area contributed by atoms with E-state index in [9.17, 15) is 4.79 Å². The molecule has 2 atom stereocenters. The van der Waals surface area contributed by atoms with Gasteiger partial charge < -0.3 is 15.0 Å². The van der Waals surface area contributed by atoms with E-state index < -0.39 is 0 Å². The van der Waals surface area contributed by atoms with Crippen LogP contribution in [0, 0.1) is 0 Å². The van der Waals surface area contributed by atoms with Gasteiger partial charge in [-0.25, -0.2) is 0 Å². The number of nitrogens with one attached hydrogen (secondary N) is 1. The Balaban J connectivity index is 2.06. The summed E-state index contributed by atoms with van der Waals surface area (Å²) in [7, 11) is 0. The first-order valence-electron chi connectivity index (χ1n) is 8.44. The Morgan fingerprint density at radius 1 is 1.36 bits per heavy atom. The van der Waals surface area contributed by atoms with Crippen LogP contribution in [0.15, 0.2) is 24.3 Å². The number of amides is 1. The second kappa shape index (κ2) is 8.18. The van der Waals surface area contributed by atoms with Crippen LogP contribution < -0.4 is 10.1 Å². The van der Waals surface area contributed by atoms with Gasteiger partial charge in [-0.3, -0.25) is 4.79 Å². The van der Waals surface area contributed by atoms with Gasteiger partial charge in [0.05, 0.1) is 6.10 Å². The molecule has 0 bridgehead atoms. The number of benzene rings is 1. The van der Waals surface area contributed by atoms with E-state index in [-0.39, 0.29) is 12.0 Å². The van der Waals surface area contributed by atoms with Gasteiger partial charge in [0.1, 0.15) is 5.75 Å². The lowest BCUT2D eigenvalue weighted by molar-refractivity contribution is 0.0692. The van der Waals surface area contributed by atoms with E-state index in [1.807, 2.05) is 29.2 Å². The summed E-state index contributed by atoms with van der Waals surface area (Å²) >= 11 is 0. The van der Waals surface area contributed by atoms with Crippen LogP contribution >= 0.6 is 0 Å². The number of ether oxygens (including phenoxy) is 1. The average molecular weight is 304 g/mol. The number of nitrogens with zero attached hydrogens (tertiary/aromatic N) is 1. The maximum absolute atomic E-state index is 12.8. The van der Waals surface area contributed by atoms with E-state index in [4.69, 9.17) is 4.74 Å². The Morgan fingerprint density at radius 3 is 2.64 bits per heavy atom.